The summed E-state index contributed by atoms with van der Waals surface area (Å²) in [7, 11) is 0. The number of hydrogen-bond donors (Lipinski definition) is 1. The quantitative estimate of drug-likeness (QED) is 0.801. The first-order valence-electron chi connectivity index (χ1n) is 6.64. The summed E-state index contributed by atoms with van der Waals surface area (Å²) in [5.74, 6) is 0.457. The van der Waals surface area contributed by atoms with E-state index in [4.69, 9.17) is 0 Å². The third-order valence-electron chi connectivity index (χ3n) is 4.08. The molecule has 2 aliphatic carbocycles. The lowest BCUT2D eigenvalue weighted by Gasteiger charge is -2.07. The zero-order valence-electron chi connectivity index (χ0n) is 10.6. The molecule has 0 aliphatic heterocycles. The molecule has 0 saturated heterocycles. The standard InChI is InChI=1S/C18H14O/c19-18-15-8-4-2-6-13(15)11-17(18)16-10-9-12-5-1-3-7-14(12)16/h1-8,10,19H,9,11H2. The Kier molecular flexibility index (Phi) is 2.16. The smallest absolute Gasteiger partial charge is 0.127 e. The minimum Gasteiger partial charge on any atom is -0.507 e. The maximum Gasteiger partial charge on any atom is 0.127 e. The van der Waals surface area contributed by atoms with Crippen LogP contribution in [0.15, 0.2) is 60.2 Å². The van der Waals surface area contributed by atoms with Gasteiger partial charge < -0.3 is 5.11 Å². The second-order valence-electron chi connectivity index (χ2n) is 5.14. The predicted octanol–water partition coefficient (Wildman–Crippen LogP) is 4.15. The van der Waals surface area contributed by atoms with Gasteiger partial charge in [-0.05, 0) is 28.7 Å². The summed E-state index contributed by atoms with van der Waals surface area (Å²) in [6.45, 7) is 0. The molecule has 2 aromatic rings. The number of hydrogen-bond acceptors (Lipinski definition) is 1. The van der Waals surface area contributed by atoms with Crippen LogP contribution in [0, 0.1) is 0 Å². The summed E-state index contributed by atoms with van der Waals surface area (Å²) in [4.78, 5) is 0. The van der Waals surface area contributed by atoms with E-state index in [1.165, 1.54) is 22.3 Å². The van der Waals surface area contributed by atoms with Crippen molar-refractivity contribution in [3.8, 4) is 0 Å². The van der Waals surface area contributed by atoms with E-state index >= 15 is 0 Å². The molecule has 0 unspecified atom stereocenters. The molecule has 2 aliphatic rings. The van der Waals surface area contributed by atoms with Gasteiger partial charge >= 0.3 is 0 Å². The Morgan fingerprint density at radius 1 is 0.789 bits per heavy atom. The maximum absolute atomic E-state index is 10.5. The van der Waals surface area contributed by atoms with E-state index < -0.39 is 0 Å². The van der Waals surface area contributed by atoms with Crippen LogP contribution in [-0.4, -0.2) is 5.11 Å². The molecule has 0 aromatic heterocycles. The van der Waals surface area contributed by atoms with Crippen LogP contribution in [0.5, 0.6) is 0 Å². The van der Waals surface area contributed by atoms with Crippen LogP contribution in [0.3, 0.4) is 0 Å². The van der Waals surface area contributed by atoms with Gasteiger partial charge in [0.2, 0.25) is 0 Å². The second kappa shape index (κ2) is 3.86. The van der Waals surface area contributed by atoms with Gasteiger partial charge in [0.05, 0.1) is 0 Å². The first-order valence-corrected chi connectivity index (χ1v) is 6.64. The third kappa shape index (κ3) is 1.48. The van der Waals surface area contributed by atoms with E-state index in [2.05, 4.69) is 36.4 Å². The highest BCUT2D eigenvalue weighted by Crippen LogP contribution is 2.41. The molecule has 4 rings (SSSR count). The number of fused-ring (bicyclic) bond motifs is 2. The van der Waals surface area contributed by atoms with Crippen molar-refractivity contribution in [2.45, 2.75) is 12.8 Å². The Morgan fingerprint density at radius 2 is 1.47 bits per heavy atom. The van der Waals surface area contributed by atoms with Gasteiger partial charge in [0.1, 0.15) is 5.76 Å². The Bertz CT molecular complexity index is 735. The Morgan fingerprint density at radius 3 is 2.26 bits per heavy atom. The van der Waals surface area contributed by atoms with Crippen molar-refractivity contribution in [3.05, 3.63) is 82.4 Å². The zero-order chi connectivity index (χ0) is 12.8. The van der Waals surface area contributed by atoms with Gasteiger partial charge in [-0.3, -0.25) is 0 Å². The molecule has 2 aromatic carbocycles. The van der Waals surface area contributed by atoms with Crippen molar-refractivity contribution in [2.24, 2.45) is 0 Å². The fourth-order valence-electron chi connectivity index (χ4n) is 3.13. The van der Waals surface area contributed by atoms with Gasteiger partial charge in [-0.25, -0.2) is 0 Å². The van der Waals surface area contributed by atoms with Crippen molar-refractivity contribution < 1.29 is 5.11 Å². The van der Waals surface area contributed by atoms with Gasteiger partial charge in [-0.2, -0.15) is 0 Å². The first kappa shape index (κ1) is 10.6. The van der Waals surface area contributed by atoms with Crippen molar-refractivity contribution in [1.82, 2.24) is 0 Å². The van der Waals surface area contributed by atoms with E-state index in [1.54, 1.807) is 0 Å². The van der Waals surface area contributed by atoms with Crippen molar-refractivity contribution in [2.75, 3.05) is 0 Å². The lowest BCUT2D eigenvalue weighted by molar-refractivity contribution is 0.511. The summed E-state index contributed by atoms with van der Waals surface area (Å²) in [5, 5.41) is 10.5. The SMILES string of the molecule is OC1=C(C2=CCc3ccccc32)Cc2ccccc21. The van der Waals surface area contributed by atoms with Gasteiger partial charge in [0.15, 0.2) is 0 Å². The fourth-order valence-corrected chi connectivity index (χ4v) is 3.13. The first-order chi connectivity index (χ1) is 9.34. The fraction of sp³-hybridized carbons (Fsp3) is 0.111. The lowest BCUT2D eigenvalue weighted by Crippen LogP contribution is -1.90. The summed E-state index contributed by atoms with van der Waals surface area (Å²) in [6.07, 6.45) is 4.04. The number of allylic oxidation sites excluding steroid dienone is 3. The number of aliphatic hydroxyl groups excluding tert-OH is 1. The molecular weight excluding hydrogens is 232 g/mol. The van der Waals surface area contributed by atoms with E-state index in [9.17, 15) is 5.11 Å². The summed E-state index contributed by atoms with van der Waals surface area (Å²) < 4.78 is 0. The largest absolute Gasteiger partial charge is 0.507 e. The Balaban J connectivity index is 1.83. The van der Waals surface area contributed by atoms with Crippen LogP contribution in [0.25, 0.3) is 11.3 Å². The highest BCUT2D eigenvalue weighted by molar-refractivity contribution is 5.93. The molecule has 1 nitrogen and oxygen atoms in total. The summed E-state index contributed by atoms with van der Waals surface area (Å²) in [6, 6.07) is 16.6. The Hall–Kier alpha value is -2.28. The predicted molar refractivity (Wildman–Crippen MR) is 77.8 cm³/mol. The van der Waals surface area contributed by atoms with Crippen LogP contribution in [0.4, 0.5) is 0 Å². The van der Waals surface area contributed by atoms with E-state index in [-0.39, 0.29) is 0 Å². The zero-order valence-corrected chi connectivity index (χ0v) is 10.6. The summed E-state index contributed by atoms with van der Waals surface area (Å²) >= 11 is 0. The van der Waals surface area contributed by atoms with Crippen molar-refractivity contribution in [3.63, 3.8) is 0 Å². The molecule has 1 heteroatoms. The molecule has 0 fully saturated rings. The molecule has 0 heterocycles. The molecule has 0 spiro atoms. The van der Waals surface area contributed by atoms with E-state index in [0.717, 1.165) is 24.0 Å². The minimum absolute atomic E-state index is 0.457. The van der Waals surface area contributed by atoms with Crippen molar-refractivity contribution >= 4 is 11.3 Å². The number of aliphatic hydroxyl groups is 1. The van der Waals surface area contributed by atoms with Crippen LogP contribution < -0.4 is 0 Å². The van der Waals surface area contributed by atoms with Gasteiger partial charge in [-0.1, -0.05) is 54.6 Å². The molecule has 0 saturated carbocycles. The average molecular weight is 246 g/mol. The minimum atomic E-state index is 0.457. The molecule has 92 valence electrons. The molecule has 0 amide bonds. The summed E-state index contributed by atoms with van der Waals surface area (Å²) in [5.41, 5.74) is 7.13. The monoisotopic (exact) mass is 246 g/mol. The molecule has 1 N–H and O–H groups in total. The van der Waals surface area contributed by atoms with Gasteiger partial charge in [-0.15, -0.1) is 0 Å². The van der Waals surface area contributed by atoms with Crippen molar-refractivity contribution in [1.29, 1.82) is 0 Å². The molecular formula is C18H14O. The number of benzene rings is 2. The molecule has 0 atom stereocenters. The lowest BCUT2D eigenvalue weighted by atomic mass is 9.97. The normalized spacial score (nSPS) is 16.3. The van der Waals surface area contributed by atoms with E-state index in [0.29, 0.717) is 5.76 Å². The topological polar surface area (TPSA) is 20.2 Å². The average Bonchev–Trinajstić information content (AvgIpc) is 3.01. The van der Waals surface area contributed by atoms with Gasteiger partial charge in [0, 0.05) is 17.6 Å². The van der Waals surface area contributed by atoms with E-state index in [1.807, 2.05) is 18.2 Å². The van der Waals surface area contributed by atoms with Crippen LogP contribution >= 0.6 is 0 Å². The van der Waals surface area contributed by atoms with Crippen LogP contribution in [-0.2, 0) is 12.8 Å². The third-order valence-corrected chi connectivity index (χ3v) is 4.08. The van der Waals surface area contributed by atoms with Crippen LogP contribution in [0.1, 0.15) is 22.3 Å². The highest BCUT2D eigenvalue weighted by Gasteiger charge is 2.26. The maximum atomic E-state index is 10.5. The Labute approximate surface area is 112 Å². The highest BCUT2D eigenvalue weighted by atomic mass is 16.3. The second-order valence-corrected chi connectivity index (χ2v) is 5.14. The molecule has 0 bridgehead atoms. The number of rotatable bonds is 1. The van der Waals surface area contributed by atoms with Crippen LogP contribution in [0.2, 0.25) is 0 Å². The molecule has 19 heavy (non-hydrogen) atoms. The van der Waals surface area contributed by atoms with Gasteiger partial charge in [0.25, 0.3) is 0 Å². The molecule has 0 radical (unpaired) electrons.